The minimum Gasteiger partial charge on any atom is -0.485 e. The highest BCUT2D eigenvalue weighted by Gasteiger charge is 2.36. The van der Waals surface area contributed by atoms with E-state index in [0.29, 0.717) is 76.1 Å². The lowest BCUT2D eigenvalue weighted by Crippen LogP contribution is -2.24. The maximum absolute atomic E-state index is 14.3. The molecule has 30 heteroatoms. The summed E-state index contributed by atoms with van der Waals surface area (Å²) in [6.07, 6.45) is -8.36. The lowest BCUT2D eigenvalue weighted by Gasteiger charge is -2.22. The van der Waals surface area contributed by atoms with E-state index in [1.165, 1.54) is 0 Å². The number of alkyl halides is 6. The van der Waals surface area contributed by atoms with Gasteiger partial charge < -0.3 is 64.3 Å². The first-order chi connectivity index (χ1) is 31.3. The second-order valence-corrected chi connectivity index (χ2v) is 15.1. The second kappa shape index (κ2) is 28.8. The fraction of sp³-hybridized carbons (Fsp3) is 0.450. The minimum absolute atomic E-state index is 0. The topological polar surface area (TPSA) is 313 Å². The van der Waals surface area contributed by atoms with Crippen molar-refractivity contribution < 1.29 is 55.0 Å². The molecule has 0 spiro atoms. The van der Waals surface area contributed by atoms with Crippen molar-refractivity contribution in [3.8, 4) is 11.5 Å². The summed E-state index contributed by atoms with van der Waals surface area (Å²) < 4.78 is 97.9. The monoisotopic (exact) mass is 1080 g/mol. The Morgan fingerprint density at radius 2 is 0.943 bits per heavy atom. The van der Waals surface area contributed by atoms with Crippen molar-refractivity contribution >= 4 is 108 Å². The highest BCUT2D eigenvalue weighted by Crippen LogP contribution is 2.43. The molecule has 70 heavy (non-hydrogen) atoms. The van der Waals surface area contributed by atoms with Crippen LogP contribution in [0.1, 0.15) is 83.5 Å². The third-order valence-corrected chi connectivity index (χ3v) is 9.82. The first-order valence-corrected chi connectivity index (χ1v) is 20.7. The zero-order valence-corrected chi connectivity index (χ0v) is 40.2. The van der Waals surface area contributed by atoms with Gasteiger partial charge in [-0.2, -0.15) is 26.3 Å². The normalized spacial score (nSPS) is 15.0. The number of nitrogens with one attached hydrogen (secondary N) is 6. The van der Waals surface area contributed by atoms with Gasteiger partial charge in [-0.15, -0.1) is 49.6 Å². The summed E-state index contributed by atoms with van der Waals surface area (Å²) in [5.74, 6) is -4.53. The highest BCUT2D eigenvalue weighted by atomic mass is 35.5. The van der Waals surface area contributed by atoms with Gasteiger partial charge in [0.25, 0.3) is 11.8 Å². The number of ether oxygens (including phenoxy) is 2. The van der Waals surface area contributed by atoms with Crippen molar-refractivity contribution in [1.29, 1.82) is 0 Å². The summed E-state index contributed by atoms with van der Waals surface area (Å²) in [5.41, 5.74) is 15.8. The molecule has 3 heterocycles. The summed E-state index contributed by atoms with van der Waals surface area (Å²) in [7, 11) is 0. The number of unbranched alkanes of at least 4 members (excludes halogenated alkanes) is 2. The van der Waals surface area contributed by atoms with Crippen LogP contribution in [0.5, 0.6) is 11.5 Å². The van der Waals surface area contributed by atoms with E-state index in [-0.39, 0.29) is 112 Å². The van der Waals surface area contributed by atoms with Crippen LogP contribution in [0.2, 0.25) is 0 Å². The molecule has 0 radical (unpaired) electrons. The number of benzene rings is 2. The summed E-state index contributed by atoms with van der Waals surface area (Å²) in [6, 6.07) is 3.40. The molecule has 0 bridgehead atoms. The van der Waals surface area contributed by atoms with Gasteiger partial charge in [-0.1, -0.05) is 0 Å². The number of rotatable bonds is 20. The van der Waals surface area contributed by atoms with E-state index in [1.54, 1.807) is 0 Å². The van der Waals surface area contributed by atoms with Crippen LogP contribution in [0.25, 0.3) is 0 Å². The SMILES string of the molecule is Cl.Cl.Cl.Cl.[15NH2]C([15NH2])=NCCCCC(=O)Nc1cc(C(F)(F)F)cc(NC(=O)c2cc(C(=O)Nc3cc(C(F)(F)F)cc(NC(=O)CCCCN=C([15NH2])[15NH2])c3O[C@@H]3CCNC3)ncn2)c1O[C@@H]1CCNC1. The Morgan fingerprint density at radius 1 is 0.586 bits per heavy atom. The second-order valence-electron chi connectivity index (χ2n) is 15.1. The standard InChI is InChI=1S/C40H50F6N14O6.4ClH/c41-39(42,43)21-13-25(57-31(61)5-1-3-9-53-37(47)48)33(65-23-7-11-51-18-23)27(15-21)59-35(63)29-17-30(56-20-55-29)36(64)60-28-16-22(40(44,45)46)14-26(34(28)66-24-8-12-52-19-24)58-32(62)6-2-4-10-54-38(49)50;;;;/h13-17,20,23-24,51-52H,1-12,18-19H2,(H,57,61)(H,58,62)(H,59,63)(H,60,64)(H4,47,48,53)(H4,49,50,54);4*1H/t23-,24-;;;;/m1..../s1/i47+1,48+1,49+1,50+1;;;;. The van der Waals surface area contributed by atoms with Crippen molar-refractivity contribution in [3.63, 3.8) is 0 Å². The highest BCUT2D eigenvalue weighted by molar-refractivity contribution is 6.09. The molecule has 4 amide bonds. The largest absolute Gasteiger partial charge is 0.485 e. The summed E-state index contributed by atoms with van der Waals surface area (Å²) in [6.45, 7) is 2.05. The fourth-order valence-corrected chi connectivity index (χ4v) is 6.62. The third-order valence-electron chi connectivity index (χ3n) is 9.82. The van der Waals surface area contributed by atoms with Gasteiger partial charge in [-0.25, -0.2) is 9.97 Å². The molecule has 390 valence electrons. The fourth-order valence-electron chi connectivity index (χ4n) is 6.62. The minimum atomic E-state index is -4.97. The Bertz CT molecular complexity index is 2140. The Kier molecular flexibility index (Phi) is 25.6. The number of nitrogens with zero attached hydrogens (tertiary/aromatic N) is 4. The number of hydrogen-bond donors (Lipinski definition) is 10. The van der Waals surface area contributed by atoms with E-state index in [2.05, 4.69) is 51.9 Å². The number of carbonyl (C=O) groups excluding carboxylic acids is 4. The third kappa shape index (κ3) is 19.2. The van der Waals surface area contributed by atoms with Crippen molar-refractivity contribution in [2.45, 2.75) is 75.9 Å². The van der Waals surface area contributed by atoms with Gasteiger partial charge in [0.2, 0.25) is 11.8 Å². The number of aromatic nitrogens is 2. The molecule has 20 nitrogen and oxygen atoms in total. The number of guanidine groups is 2. The molecule has 2 fully saturated rings. The molecule has 0 unspecified atom stereocenters. The van der Waals surface area contributed by atoms with Gasteiger partial charge in [0.1, 0.15) is 29.9 Å². The zero-order valence-electron chi connectivity index (χ0n) is 37.0. The molecule has 0 aliphatic carbocycles. The van der Waals surface area contributed by atoms with E-state index in [1.807, 2.05) is 0 Å². The molecule has 2 saturated heterocycles. The Balaban J connectivity index is 0.00000612. The summed E-state index contributed by atoms with van der Waals surface area (Å²) in [5, 5.41) is 15.7. The zero-order chi connectivity index (χ0) is 48.0. The predicted molar refractivity (Wildman–Crippen MR) is 260 cm³/mol. The van der Waals surface area contributed by atoms with E-state index in [4.69, 9.17) is 32.4 Å². The Labute approximate surface area is 422 Å². The molecule has 1 aromatic heterocycles. The molecule has 2 aliphatic heterocycles. The lowest BCUT2D eigenvalue weighted by atomic mass is 10.1. The number of hydrogen-bond acceptors (Lipinski definition) is 12. The number of aliphatic imine (C=N–C) groups is 2. The lowest BCUT2D eigenvalue weighted by molar-refractivity contribution is -0.138. The van der Waals surface area contributed by atoms with Gasteiger partial charge in [-0.3, -0.25) is 29.2 Å². The molecule has 14 N–H and O–H groups in total. The van der Waals surface area contributed by atoms with Crippen LogP contribution < -0.4 is 64.3 Å². The van der Waals surface area contributed by atoms with Crippen molar-refractivity contribution in [3.05, 3.63) is 59.2 Å². The van der Waals surface area contributed by atoms with E-state index < -0.39 is 93.5 Å². The number of halogens is 10. The van der Waals surface area contributed by atoms with Crippen LogP contribution in [0, 0.1) is 0 Å². The molecular formula is C40H54Cl4F6N14O6. The van der Waals surface area contributed by atoms with Crippen LogP contribution in [0.15, 0.2) is 46.6 Å². The smallest absolute Gasteiger partial charge is 0.416 e. The summed E-state index contributed by atoms with van der Waals surface area (Å²) >= 11 is 0. The maximum Gasteiger partial charge on any atom is 0.416 e. The van der Waals surface area contributed by atoms with Crippen molar-refractivity contribution in [1.82, 2.24) is 20.6 Å². The van der Waals surface area contributed by atoms with E-state index in [9.17, 15) is 45.5 Å². The van der Waals surface area contributed by atoms with Crippen molar-refractivity contribution in [2.75, 3.05) is 60.5 Å². The van der Waals surface area contributed by atoms with E-state index >= 15 is 0 Å². The van der Waals surface area contributed by atoms with Crippen molar-refractivity contribution in [2.24, 2.45) is 32.9 Å². The quantitative estimate of drug-likeness (QED) is 0.0235. The van der Waals surface area contributed by atoms with Gasteiger partial charge in [-0.05, 0) is 75.9 Å². The molecule has 2 atom stereocenters. The average molecular weight is 1090 g/mol. The van der Waals surface area contributed by atoms with Gasteiger partial charge in [0, 0.05) is 45.1 Å². The van der Waals surface area contributed by atoms with Crippen LogP contribution in [0.4, 0.5) is 49.1 Å². The maximum atomic E-state index is 14.3. The molecule has 0 saturated carbocycles. The van der Waals surface area contributed by atoms with Gasteiger partial charge in [0.15, 0.2) is 23.4 Å². The molecular weight excluding hydrogens is 1030 g/mol. The molecule has 5 rings (SSSR count). The number of anilines is 4. The first kappa shape index (κ1) is 62.2. The van der Waals surface area contributed by atoms with Crippen LogP contribution >= 0.6 is 49.6 Å². The summed E-state index contributed by atoms with van der Waals surface area (Å²) in [4.78, 5) is 68.9. The van der Waals surface area contributed by atoms with Gasteiger partial charge >= 0.3 is 12.4 Å². The van der Waals surface area contributed by atoms with Crippen LogP contribution in [-0.4, -0.2) is 97.0 Å². The Morgan fingerprint density at radius 3 is 1.26 bits per heavy atom. The Hall–Kier alpha value is -5.80. The number of amides is 4. The van der Waals surface area contributed by atoms with E-state index in [0.717, 1.165) is 12.4 Å². The van der Waals surface area contributed by atoms with Crippen LogP contribution in [-0.2, 0) is 21.9 Å². The molecule has 2 aliphatic rings. The molecule has 2 aromatic carbocycles. The van der Waals surface area contributed by atoms with Gasteiger partial charge in [0.05, 0.1) is 33.9 Å². The molecule has 3 aromatic rings. The average Bonchev–Trinajstić information content (AvgIpc) is 3.97. The number of nitrogens with two attached hydrogens (primary N) is 4. The predicted octanol–water partition coefficient (Wildman–Crippen LogP) is 4.95. The first-order valence-electron chi connectivity index (χ1n) is 20.7. The number of carbonyl (C=O) groups is 4. The van der Waals surface area contributed by atoms with Crippen LogP contribution in [0.3, 0.4) is 0 Å².